The number of benzene rings is 2. The van der Waals surface area contributed by atoms with Crippen LogP contribution in [0.2, 0.25) is 5.02 Å². The molecule has 26 heavy (non-hydrogen) atoms. The number of aryl methyl sites for hydroxylation is 1. The van der Waals surface area contributed by atoms with Crippen molar-refractivity contribution in [3.63, 3.8) is 0 Å². The fourth-order valence-corrected chi connectivity index (χ4v) is 5.22. The molecular formula is C20H13ClFNO2Se. The van der Waals surface area contributed by atoms with Gasteiger partial charge in [-0.2, -0.15) is 0 Å². The van der Waals surface area contributed by atoms with Crippen LogP contribution in [0.25, 0.3) is 21.1 Å². The Hall–Kier alpha value is -2.20. The number of fused-ring (bicyclic) bond motifs is 1. The summed E-state index contributed by atoms with van der Waals surface area (Å²) in [6.07, 6.45) is 0.0649. The molecule has 0 aliphatic rings. The third-order valence-corrected chi connectivity index (χ3v) is 6.78. The van der Waals surface area contributed by atoms with Gasteiger partial charge in [-0.3, -0.25) is 0 Å². The van der Waals surface area contributed by atoms with E-state index in [2.05, 4.69) is 4.98 Å². The van der Waals surface area contributed by atoms with Crippen LogP contribution in [-0.4, -0.2) is 25.3 Å². The Kier molecular flexibility index (Phi) is 4.53. The zero-order valence-electron chi connectivity index (χ0n) is 13.8. The second-order valence-electron chi connectivity index (χ2n) is 5.89. The van der Waals surface area contributed by atoms with Crippen LogP contribution < -0.4 is 0 Å². The molecule has 0 bridgehead atoms. The summed E-state index contributed by atoms with van der Waals surface area (Å²) in [5.74, 6) is 0.168. The average molecular weight is 433 g/mol. The Morgan fingerprint density at radius 1 is 1.23 bits per heavy atom. The normalized spacial score (nSPS) is 11.2. The van der Waals surface area contributed by atoms with Gasteiger partial charge in [-0.05, 0) is 0 Å². The predicted molar refractivity (Wildman–Crippen MR) is 101 cm³/mol. The number of carbonyl (C=O) groups is 1. The third kappa shape index (κ3) is 3.26. The van der Waals surface area contributed by atoms with Crippen molar-refractivity contribution < 1.29 is 13.6 Å². The number of ketones is 1. The number of carbonyl (C=O) groups excluding carboxylic acids is 1. The van der Waals surface area contributed by atoms with Crippen LogP contribution >= 0.6 is 11.6 Å². The molecule has 0 atom stereocenters. The zero-order valence-corrected chi connectivity index (χ0v) is 16.2. The second kappa shape index (κ2) is 6.84. The number of aromatic nitrogens is 1. The van der Waals surface area contributed by atoms with Crippen molar-refractivity contribution in [2.45, 2.75) is 13.3 Å². The molecule has 4 rings (SSSR count). The van der Waals surface area contributed by atoms with Gasteiger partial charge in [-0.1, -0.05) is 0 Å². The molecule has 0 radical (unpaired) electrons. The number of oxazole rings is 1. The van der Waals surface area contributed by atoms with Crippen LogP contribution in [0, 0.1) is 12.7 Å². The van der Waals surface area contributed by atoms with Crippen molar-refractivity contribution in [3.05, 3.63) is 75.3 Å². The Morgan fingerprint density at radius 2 is 2.04 bits per heavy atom. The molecule has 0 amide bonds. The van der Waals surface area contributed by atoms with E-state index in [0.29, 0.717) is 32.0 Å². The summed E-state index contributed by atoms with van der Waals surface area (Å²) in [6.45, 7) is 1.79. The molecule has 0 unspecified atom stereocenters. The van der Waals surface area contributed by atoms with Crippen molar-refractivity contribution in [3.8, 4) is 10.0 Å². The molecule has 0 fully saturated rings. The molecule has 0 N–H and O–H groups in total. The summed E-state index contributed by atoms with van der Waals surface area (Å²) < 4.78 is 21.0. The molecule has 0 spiro atoms. The number of hydrogen-bond acceptors (Lipinski definition) is 3. The van der Waals surface area contributed by atoms with E-state index < -0.39 is 0 Å². The van der Waals surface area contributed by atoms with E-state index in [1.54, 1.807) is 31.2 Å². The van der Waals surface area contributed by atoms with E-state index >= 15 is 0 Å². The maximum atomic E-state index is 13.8. The Morgan fingerprint density at radius 3 is 2.85 bits per heavy atom. The van der Waals surface area contributed by atoms with Crippen LogP contribution in [0.5, 0.6) is 0 Å². The molecular weight excluding hydrogens is 420 g/mol. The van der Waals surface area contributed by atoms with Gasteiger partial charge >= 0.3 is 160 Å². The van der Waals surface area contributed by atoms with Crippen LogP contribution in [0.1, 0.15) is 20.7 Å². The maximum absolute atomic E-state index is 13.8. The minimum atomic E-state index is -0.352. The molecule has 6 heteroatoms. The minimum absolute atomic E-state index is 0.0611. The number of nitrogens with zero attached hydrogens (tertiary/aromatic N) is 1. The van der Waals surface area contributed by atoms with Gasteiger partial charge in [0, 0.05) is 0 Å². The molecule has 130 valence electrons. The fraction of sp³-hybridized carbons (Fsp3) is 0.100. The molecule has 0 saturated heterocycles. The predicted octanol–water partition coefficient (Wildman–Crippen LogP) is 5.08. The van der Waals surface area contributed by atoms with Crippen molar-refractivity contribution in [2.75, 3.05) is 0 Å². The standard InChI is InChI=1S/C20H13ClFNO2Se/c1-11-23-16-10-14(21)13(9-18(16)25-11)19-6-7-20(26-19)17(24)8-12-4-2-3-5-15(12)22/h2-7,9-10H,8H2,1H3. The molecule has 3 nitrogen and oxygen atoms in total. The van der Waals surface area contributed by atoms with Gasteiger partial charge in [-0.25, -0.2) is 0 Å². The topological polar surface area (TPSA) is 43.1 Å². The van der Waals surface area contributed by atoms with E-state index in [1.807, 2.05) is 18.2 Å². The Labute approximate surface area is 160 Å². The van der Waals surface area contributed by atoms with E-state index in [9.17, 15) is 9.18 Å². The first-order valence-electron chi connectivity index (χ1n) is 7.95. The number of hydrogen-bond donors (Lipinski definition) is 0. The fourth-order valence-electron chi connectivity index (χ4n) is 2.79. The monoisotopic (exact) mass is 433 g/mol. The van der Waals surface area contributed by atoms with Gasteiger partial charge in [0.05, 0.1) is 0 Å². The molecule has 0 aliphatic carbocycles. The number of rotatable bonds is 4. The van der Waals surface area contributed by atoms with E-state index in [4.69, 9.17) is 16.0 Å². The summed E-state index contributed by atoms with van der Waals surface area (Å²) >= 11 is 6.21. The molecule has 4 aromatic rings. The van der Waals surface area contributed by atoms with E-state index in [1.165, 1.54) is 6.07 Å². The first-order chi connectivity index (χ1) is 12.5. The second-order valence-corrected chi connectivity index (χ2v) is 8.57. The van der Waals surface area contributed by atoms with Crippen molar-refractivity contribution in [1.82, 2.24) is 4.98 Å². The van der Waals surface area contributed by atoms with Gasteiger partial charge in [0.1, 0.15) is 0 Å². The zero-order chi connectivity index (χ0) is 18.3. The first-order valence-corrected chi connectivity index (χ1v) is 10.0. The van der Waals surface area contributed by atoms with Gasteiger partial charge in [0.25, 0.3) is 0 Å². The molecule has 0 saturated carbocycles. The van der Waals surface area contributed by atoms with Gasteiger partial charge < -0.3 is 0 Å². The summed E-state index contributed by atoms with van der Waals surface area (Å²) in [5, 5.41) is 0.579. The van der Waals surface area contributed by atoms with Crippen LogP contribution in [0.4, 0.5) is 4.39 Å². The molecule has 2 aromatic heterocycles. The van der Waals surface area contributed by atoms with Crippen molar-refractivity contribution in [1.29, 1.82) is 0 Å². The van der Waals surface area contributed by atoms with E-state index in [0.717, 1.165) is 10.0 Å². The average Bonchev–Trinajstić information content (AvgIpc) is 3.22. The quantitative estimate of drug-likeness (QED) is 0.334. The van der Waals surface area contributed by atoms with Crippen molar-refractivity contribution in [2.24, 2.45) is 0 Å². The number of Topliss-reactive ketones (excluding diaryl/α,β-unsaturated/α-hetero) is 1. The summed E-state index contributed by atoms with van der Waals surface area (Å²) in [7, 11) is 0. The SMILES string of the molecule is Cc1nc2cc(Cl)c(-c3ccc(C(=O)Cc4ccccc4F)[se]3)cc2o1. The summed E-state index contributed by atoms with van der Waals surface area (Å²) in [4.78, 5) is 16.8. The summed E-state index contributed by atoms with van der Waals surface area (Å²) in [6, 6.07) is 13.7. The van der Waals surface area contributed by atoms with E-state index in [-0.39, 0.29) is 32.5 Å². The Bertz CT molecular complexity index is 1130. The van der Waals surface area contributed by atoms with Crippen LogP contribution in [-0.2, 0) is 6.42 Å². The van der Waals surface area contributed by atoms with Gasteiger partial charge in [-0.15, -0.1) is 0 Å². The Balaban J connectivity index is 1.64. The molecule has 2 heterocycles. The van der Waals surface area contributed by atoms with Crippen molar-refractivity contribution >= 4 is 43.0 Å². The van der Waals surface area contributed by atoms with Crippen LogP contribution in [0.15, 0.2) is 52.9 Å². The summed E-state index contributed by atoms with van der Waals surface area (Å²) in [5.41, 5.74) is 2.65. The first kappa shape index (κ1) is 17.2. The van der Waals surface area contributed by atoms with Gasteiger partial charge in [0.2, 0.25) is 0 Å². The molecule has 0 aliphatic heterocycles. The van der Waals surface area contributed by atoms with Gasteiger partial charge in [0.15, 0.2) is 0 Å². The van der Waals surface area contributed by atoms with Crippen LogP contribution in [0.3, 0.4) is 0 Å². The third-order valence-electron chi connectivity index (χ3n) is 4.04. The number of halogens is 2. The molecule has 2 aromatic carbocycles.